The van der Waals surface area contributed by atoms with Crippen molar-refractivity contribution in [3.8, 4) is 0 Å². The molecule has 2 aromatic rings. The van der Waals surface area contributed by atoms with Gasteiger partial charge in [0.1, 0.15) is 0 Å². The number of hydrogen-bond donors (Lipinski definition) is 2. The number of morpholine rings is 1. The predicted molar refractivity (Wildman–Crippen MR) is 118 cm³/mol. The molecule has 1 atom stereocenters. The molecular weight excluding hydrogens is 446 g/mol. The summed E-state index contributed by atoms with van der Waals surface area (Å²) in [6.45, 7) is 5.44. The van der Waals surface area contributed by atoms with Gasteiger partial charge < -0.3 is 15.2 Å². The van der Waals surface area contributed by atoms with E-state index in [1.165, 1.54) is 23.1 Å². The van der Waals surface area contributed by atoms with Crippen LogP contribution in [0.5, 0.6) is 0 Å². The molecule has 1 fully saturated rings. The van der Waals surface area contributed by atoms with Gasteiger partial charge in [-0.15, -0.1) is 11.3 Å². The summed E-state index contributed by atoms with van der Waals surface area (Å²) in [7, 11) is 0. The fourth-order valence-electron chi connectivity index (χ4n) is 3.04. The van der Waals surface area contributed by atoms with Gasteiger partial charge in [0.05, 0.1) is 30.6 Å². The maximum absolute atomic E-state index is 12.2. The number of benzene rings is 1. The normalized spacial score (nSPS) is 17.1. The Morgan fingerprint density at radius 1 is 1.47 bits per heavy atom. The Morgan fingerprint density at radius 3 is 3.07 bits per heavy atom. The maximum atomic E-state index is 12.2. The number of aliphatic carboxylic acids is 1. The standard InChI is InChI=1S/C20H24ClN3O4S2/c1-13-2-3-14(6-17(13)21)9-24-4-5-28-16(10-24)8-22-18(25)12-30-20-23-15(11-29-20)7-19(26)27/h2-3,6,11,16H,4-5,7-10,12H2,1H3,(H,22,25)(H,26,27)/t16-/m0/s1. The number of carbonyl (C=O) groups excluding carboxylic acids is 1. The predicted octanol–water partition coefficient (Wildman–Crippen LogP) is 2.84. The van der Waals surface area contributed by atoms with Gasteiger partial charge >= 0.3 is 5.97 Å². The SMILES string of the molecule is Cc1ccc(CN2CCO[C@@H](CNC(=O)CSc3nc(CC(=O)O)cs3)C2)cc1Cl. The molecule has 0 aliphatic carbocycles. The van der Waals surface area contributed by atoms with Gasteiger partial charge in [-0.25, -0.2) is 4.98 Å². The van der Waals surface area contributed by atoms with Crippen molar-refractivity contribution in [3.05, 3.63) is 45.4 Å². The van der Waals surface area contributed by atoms with Crippen molar-refractivity contribution in [2.45, 2.75) is 30.3 Å². The van der Waals surface area contributed by atoms with E-state index in [2.05, 4.69) is 21.3 Å². The molecule has 3 rings (SSSR count). The van der Waals surface area contributed by atoms with Crippen LogP contribution in [-0.2, 0) is 27.3 Å². The number of amides is 1. The zero-order valence-electron chi connectivity index (χ0n) is 16.6. The molecule has 7 nitrogen and oxygen atoms in total. The summed E-state index contributed by atoms with van der Waals surface area (Å²) in [6.07, 6.45) is -0.163. The van der Waals surface area contributed by atoms with E-state index in [9.17, 15) is 9.59 Å². The van der Waals surface area contributed by atoms with Crippen LogP contribution in [0.2, 0.25) is 5.02 Å². The van der Waals surface area contributed by atoms with Gasteiger partial charge in [-0.3, -0.25) is 14.5 Å². The number of nitrogens with one attached hydrogen (secondary N) is 1. The largest absolute Gasteiger partial charge is 0.481 e. The molecule has 1 saturated heterocycles. The van der Waals surface area contributed by atoms with Crippen LogP contribution in [0.1, 0.15) is 16.8 Å². The molecule has 2 heterocycles. The number of carboxylic acid groups (broad SMARTS) is 1. The first-order valence-corrected chi connectivity index (χ1v) is 11.8. The van der Waals surface area contributed by atoms with Gasteiger partial charge in [0.15, 0.2) is 4.34 Å². The zero-order chi connectivity index (χ0) is 21.5. The van der Waals surface area contributed by atoms with E-state index in [1.54, 1.807) is 5.38 Å². The number of thioether (sulfide) groups is 1. The molecule has 1 aliphatic rings. The molecule has 0 saturated carbocycles. The van der Waals surface area contributed by atoms with Crippen LogP contribution in [0.3, 0.4) is 0 Å². The second-order valence-corrected chi connectivity index (χ2v) is 9.57. The van der Waals surface area contributed by atoms with E-state index < -0.39 is 5.97 Å². The maximum Gasteiger partial charge on any atom is 0.309 e. The van der Waals surface area contributed by atoms with Crippen LogP contribution < -0.4 is 5.32 Å². The van der Waals surface area contributed by atoms with Gasteiger partial charge in [0, 0.05) is 36.6 Å². The van der Waals surface area contributed by atoms with Gasteiger partial charge in [-0.05, 0) is 24.1 Å². The molecular formula is C20H24ClN3O4S2. The number of thiazole rings is 1. The lowest BCUT2D eigenvalue weighted by atomic mass is 10.1. The third kappa shape index (κ3) is 7.24. The van der Waals surface area contributed by atoms with Crippen molar-refractivity contribution in [1.29, 1.82) is 0 Å². The smallest absolute Gasteiger partial charge is 0.309 e. The van der Waals surface area contributed by atoms with Crippen molar-refractivity contribution in [2.75, 3.05) is 32.0 Å². The summed E-state index contributed by atoms with van der Waals surface area (Å²) >= 11 is 8.88. The van der Waals surface area contributed by atoms with E-state index in [-0.39, 0.29) is 24.2 Å². The number of aryl methyl sites for hydroxylation is 1. The van der Waals surface area contributed by atoms with Gasteiger partial charge in [-0.2, -0.15) is 0 Å². The highest BCUT2D eigenvalue weighted by Gasteiger charge is 2.21. The minimum Gasteiger partial charge on any atom is -0.481 e. The molecule has 1 aromatic heterocycles. The first-order chi connectivity index (χ1) is 14.4. The summed E-state index contributed by atoms with van der Waals surface area (Å²) in [4.78, 5) is 29.4. The third-order valence-electron chi connectivity index (χ3n) is 4.58. The fourth-order valence-corrected chi connectivity index (χ4v) is 4.91. The number of nitrogens with zero attached hydrogens (tertiary/aromatic N) is 2. The number of rotatable bonds is 9. The van der Waals surface area contributed by atoms with Crippen molar-refractivity contribution in [2.24, 2.45) is 0 Å². The lowest BCUT2D eigenvalue weighted by molar-refractivity contribution is -0.136. The molecule has 0 bridgehead atoms. The molecule has 10 heteroatoms. The van der Waals surface area contributed by atoms with Crippen LogP contribution in [0.15, 0.2) is 27.9 Å². The molecule has 1 amide bonds. The second kappa shape index (κ2) is 11.1. The van der Waals surface area contributed by atoms with Gasteiger partial charge in [-0.1, -0.05) is 35.5 Å². The molecule has 0 unspecified atom stereocenters. The van der Waals surface area contributed by atoms with E-state index in [1.807, 2.05) is 19.1 Å². The van der Waals surface area contributed by atoms with Crippen LogP contribution in [0.25, 0.3) is 0 Å². The quantitative estimate of drug-likeness (QED) is 0.545. The first kappa shape index (κ1) is 23.0. The van der Waals surface area contributed by atoms with Crippen LogP contribution >= 0.6 is 34.7 Å². The highest BCUT2D eigenvalue weighted by molar-refractivity contribution is 8.01. The van der Waals surface area contributed by atoms with Crippen molar-refractivity contribution >= 4 is 46.6 Å². The highest BCUT2D eigenvalue weighted by Crippen LogP contribution is 2.23. The number of hydrogen-bond acceptors (Lipinski definition) is 7. The van der Waals surface area contributed by atoms with Gasteiger partial charge in [0.2, 0.25) is 5.91 Å². The molecule has 1 aromatic carbocycles. The number of aromatic nitrogens is 1. The van der Waals surface area contributed by atoms with Gasteiger partial charge in [0.25, 0.3) is 0 Å². The average molecular weight is 470 g/mol. The molecule has 2 N–H and O–H groups in total. The Hall–Kier alpha value is -1.65. The topological polar surface area (TPSA) is 91.8 Å². The summed E-state index contributed by atoms with van der Waals surface area (Å²) in [5.74, 6) is -0.777. The number of carboxylic acids is 1. The highest BCUT2D eigenvalue weighted by atomic mass is 35.5. The number of carbonyl (C=O) groups is 2. The summed E-state index contributed by atoms with van der Waals surface area (Å²) in [5.41, 5.74) is 2.75. The molecule has 1 aliphatic heterocycles. The van der Waals surface area contributed by atoms with E-state index in [0.29, 0.717) is 23.2 Å². The molecule has 0 spiro atoms. The minimum atomic E-state index is -0.915. The molecule has 162 valence electrons. The monoisotopic (exact) mass is 469 g/mol. The number of halogens is 1. The summed E-state index contributed by atoms with van der Waals surface area (Å²) in [5, 5.41) is 14.2. The van der Waals surface area contributed by atoms with Crippen LogP contribution in [0.4, 0.5) is 0 Å². The van der Waals surface area contributed by atoms with Crippen molar-refractivity contribution < 1.29 is 19.4 Å². The summed E-state index contributed by atoms with van der Waals surface area (Å²) < 4.78 is 6.48. The Labute approximate surface area is 188 Å². The Balaban J connectivity index is 1.39. The Bertz CT molecular complexity index is 893. The average Bonchev–Trinajstić information content (AvgIpc) is 3.14. The van der Waals surface area contributed by atoms with Crippen LogP contribution in [0, 0.1) is 6.92 Å². The third-order valence-corrected chi connectivity index (χ3v) is 7.06. The Kier molecular flexibility index (Phi) is 8.52. The lowest BCUT2D eigenvalue weighted by Crippen LogP contribution is -2.47. The van der Waals surface area contributed by atoms with Crippen LogP contribution in [-0.4, -0.2) is 65.0 Å². The van der Waals surface area contributed by atoms with Crippen molar-refractivity contribution in [1.82, 2.24) is 15.2 Å². The molecule has 30 heavy (non-hydrogen) atoms. The van der Waals surface area contributed by atoms with E-state index >= 15 is 0 Å². The molecule has 0 radical (unpaired) electrons. The van der Waals surface area contributed by atoms with E-state index in [4.69, 9.17) is 21.4 Å². The minimum absolute atomic E-state index is 0.0596. The number of ether oxygens (including phenoxy) is 1. The second-order valence-electron chi connectivity index (χ2n) is 7.08. The van der Waals surface area contributed by atoms with E-state index in [0.717, 1.165) is 35.8 Å². The first-order valence-electron chi connectivity index (χ1n) is 9.53. The summed E-state index contributed by atoms with van der Waals surface area (Å²) in [6, 6.07) is 6.12. The fraction of sp³-hybridized carbons (Fsp3) is 0.450. The van der Waals surface area contributed by atoms with Crippen molar-refractivity contribution in [3.63, 3.8) is 0 Å². The Morgan fingerprint density at radius 2 is 2.30 bits per heavy atom. The zero-order valence-corrected chi connectivity index (χ0v) is 19.0. The lowest BCUT2D eigenvalue weighted by Gasteiger charge is -2.33.